The molecule has 1 unspecified atom stereocenters. The second kappa shape index (κ2) is 7.00. The fourth-order valence-electron chi connectivity index (χ4n) is 3.05. The van der Waals surface area contributed by atoms with E-state index in [-0.39, 0.29) is 17.9 Å². The van der Waals surface area contributed by atoms with Gasteiger partial charge in [0.2, 0.25) is 5.91 Å². The van der Waals surface area contributed by atoms with Gasteiger partial charge in [0.05, 0.1) is 12.8 Å². The summed E-state index contributed by atoms with van der Waals surface area (Å²) in [5, 5.41) is 2.87. The van der Waals surface area contributed by atoms with Gasteiger partial charge in [0.25, 0.3) is 5.91 Å². The number of amides is 2. The van der Waals surface area contributed by atoms with E-state index in [0.29, 0.717) is 31.0 Å². The Kier molecular flexibility index (Phi) is 4.81. The van der Waals surface area contributed by atoms with Gasteiger partial charge in [-0.1, -0.05) is 0 Å². The number of anilines is 2. The smallest absolute Gasteiger partial charge is 0.253 e. The molecule has 2 aliphatic heterocycles. The van der Waals surface area contributed by atoms with E-state index in [1.54, 1.807) is 24.1 Å². The molecule has 0 aromatic heterocycles. The summed E-state index contributed by atoms with van der Waals surface area (Å²) < 4.78 is 10.9. The molecule has 2 saturated heterocycles. The van der Waals surface area contributed by atoms with E-state index in [2.05, 4.69) is 5.32 Å². The Balaban J connectivity index is 1.73. The average molecular weight is 318 g/mol. The minimum absolute atomic E-state index is 0.107. The number of nitrogens with one attached hydrogen (secondary N) is 1. The first-order valence-corrected chi connectivity index (χ1v) is 8.10. The Bertz CT molecular complexity index is 596. The Labute approximate surface area is 135 Å². The van der Waals surface area contributed by atoms with Gasteiger partial charge in [0.15, 0.2) is 0 Å². The van der Waals surface area contributed by atoms with Crippen LogP contribution >= 0.6 is 0 Å². The largest absolute Gasteiger partial charge is 0.494 e. The van der Waals surface area contributed by atoms with E-state index in [4.69, 9.17) is 9.47 Å². The second-order valence-electron chi connectivity index (χ2n) is 5.88. The quantitative estimate of drug-likeness (QED) is 0.925. The number of methoxy groups -OCH3 is 1. The minimum atomic E-state index is -0.380. The molecule has 2 aliphatic rings. The van der Waals surface area contributed by atoms with Gasteiger partial charge >= 0.3 is 0 Å². The summed E-state index contributed by atoms with van der Waals surface area (Å²) >= 11 is 0. The average Bonchev–Trinajstić information content (AvgIpc) is 3.01. The highest BCUT2D eigenvalue weighted by atomic mass is 16.5. The Morgan fingerprint density at radius 2 is 2.22 bits per heavy atom. The maximum absolute atomic E-state index is 12.2. The monoisotopic (exact) mass is 318 g/mol. The maximum Gasteiger partial charge on any atom is 0.253 e. The van der Waals surface area contributed by atoms with Crippen LogP contribution in [0.1, 0.15) is 32.1 Å². The molecule has 6 heteroatoms. The normalized spacial score (nSPS) is 21.3. The standard InChI is InChI=1S/C17H22N2O4/c1-22-15-11-12(18-17(21)14-5-2-3-10-23-14)7-8-13(15)19-9-4-6-16(19)20/h7-8,11,14H,2-6,9-10H2,1H3,(H,18,21). The number of benzene rings is 1. The van der Waals surface area contributed by atoms with Crippen molar-refractivity contribution in [1.82, 2.24) is 0 Å². The number of hydrogen-bond acceptors (Lipinski definition) is 4. The number of hydrogen-bond donors (Lipinski definition) is 1. The van der Waals surface area contributed by atoms with Crippen LogP contribution in [0.15, 0.2) is 18.2 Å². The van der Waals surface area contributed by atoms with Crippen LogP contribution in [0.4, 0.5) is 11.4 Å². The van der Waals surface area contributed by atoms with Crippen LogP contribution in [0.25, 0.3) is 0 Å². The van der Waals surface area contributed by atoms with Gasteiger partial charge in [-0.3, -0.25) is 9.59 Å². The van der Waals surface area contributed by atoms with Crippen molar-refractivity contribution in [2.45, 2.75) is 38.2 Å². The molecule has 0 saturated carbocycles. The number of carbonyl (C=O) groups is 2. The van der Waals surface area contributed by atoms with Gasteiger partial charge in [-0.15, -0.1) is 0 Å². The summed E-state index contributed by atoms with van der Waals surface area (Å²) in [6.45, 7) is 1.34. The van der Waals surface area contributed by atoms with Gasteiger partial charge in [-0.05, 0) is 37.8 Å². The minimum Gasteiger partial charge on any atom is -0.494 e. The zero-order valence-electron chi connectivity index (χ0n) is 13.3. The van der Waals surface area contributed by atoms with Crippen molar-refractivity contribution in [3.8, 4) is 5.75 Å². The van der Waals surface area contributed by atoms with Crippen LogP contribution < -0.4 is 15.0 Å². The van der Waals surface area contributed by atoms with Crippen LogP contribution in [0, 0.1) is 0 Å². The van der Waals surface area contributed by atoms with E-state index in [1.165, 1.54) is 0 Å². The van der Waals surface area contributed by atoms with Crippen molar-refractivity contribution >= 4 is 23.2 Å². The number of nitrogens with zero attached hydrogens (tertiary/aromatic N) is 1. The molecule has 0 bridgehead atoms. The lowest BCUT2D eigenvalue weighted by Gasteiger charge is -2.23. The maximum atomic E-state index is 12.2. The van der Waals surface area contributed by atoms with Crippen LogP contribution in [0.2, 0.25) is 0 Å². The zero-order chi connectivity index (χ0) is 16.2. The molecule has 1 atom stereocenters. The van der Waals surface area contributed by atoms with Gasteiger partial charge in [-0.2, -0.15) is 0 Å². The first kappa shape index (κ1) is 15.8. The second-order valence-corrected chi connectivity index (χ2v) is 5.88. The predicted molar refractivity (Wildman–Crippen MR) is 86.8 cm³/mol. The molecular weight excluding hydrogens is 296 g/mol. The lowest BCUT2D eigenvalue weighted by atomic mass is 10.1. The highest BCUT2D eigenvalue weighted by Crippen LogP contribution is 2.34. The van der Waals surface area contributed by atoms with Gasteiger partial charge in [0, 0.05) is 31.3 Å². The number of rotatable bonds is 4. The molecule has 1 N–H and O–H groups in total. The summed E-state index contributed by atoms with van der Waals surface area (Å²) in [5.41, 5.74) is 1.40. The topological polar surface area (TPSA) is 67.9 Å². The van der Waals surface area contributed by atoms with Crippen molar-refractivity contribution in [2.75, 3.05) is 30.5 Å². The van der Waals surface area contributed by atoms with Gasteiger partial charge in [-0.25, -0.2) is 0 Å². The first-order valence-electron chi connectivity index (χ1n) is 8.10. The van der Waals surface area contributed by atoms with E-state index >= 15 is 0 Å². The lowest BCUT2D eigenvalue weighted by Crippen LogP contribution is -2.33. The summed E-state index contributed by atoms with van der Waals surface area (Å²) in [6, 6.07) is 5.37. The first-order chi connectivity index (χ1) is 11.2. The van der Waals surface area contributed by atoms with Gasteiger partial charge < -0.3 is 19.7 Å². The molecule has 0 aliphatic carbocycles. The van der Waals surface area contributed by atoms with Crippen LogP contribution in [0.3, 0.4) is 0 Å². The molecule has 2 amide bonds. The van der Waals surface area contributed by atoms with E-state index in [0.717, 1.165) is 31.4 Å². The Hall–Kier alpha value is -2.08. The molecule has 0 spiro atoms. The molecule has 1 aromatic carbocycles. The van der Waals surface area contributed by atoms with E-state index < -0.39 is 0 Å². The highest BCUT2D eigenvalue weighted by molar-refractivity contribution is 5.98. The summed E-state index contributed by atoms with van der Waals surface area (Å²) in [6.07, 6.45) is 3.83. The highest BCUT2D eigenvalue weighted by Gasteiger charge is 2.25. The Morgan fingerprint density at radius 1 is 1.35 bits per heavy atom. The summed E-state index contributed by atoms with van der Waals surface area (Å²) in [7, 11) is 1.56. The van der Waals surface area contributed by atoms with E-state index in [9.17, 15) is 9.59 Å². The Morgan fingerprint density at radius 3 is 2.87 bits per heavy atom. The molecule has 2 heterocycles. The van der Waals surface area contributed by atoms with Gasteiger partial charge in [0.1, 0.15) is 11.9 Å². The third kappa shape index (κ3) is 3.47. The van der Waals surface area contributed by atoms with Crippen LogP contribution in [0.5, 0.6) is 5.75 Å². The SMILES string of the molecule is COc1cc(NC(=O)C2CCCCO2)ccc1N1CCCC1=O. The molecule has 23 heavy (non-hydrogen) atoms. The van der Waals surface area contributed by atoms with Crippen LogP contribution in [-0.2, 0) is 14.3 Å². The van der Waals surface area contributed by atoms with Crippen molar-refractivity contribution in [3.05, 3.63) is 18.2 Å². The number of carbonyl (C=O) groups excluding carboxylic acids is 2. The molecule has 1 aromatic rings. The molecule has 2 fully saturated rings. The molecule has 6 nitrogen and oxygen atoms in total. The van der Waals surface area contributed by atoms with Crippen molar-refractivity contribution in [3.63, 3.8) is 0 Å². The molecule has 3 rings (SSSR count). The lowest BCUT2D eigenvalue weighted by molar-refractivity contribution is -0.130. The number of ether oxygens (including phenoxy) is 2. The van der Waals surface area contributed by atoms with Crippen LogP contribution in [-0.4, -0.2) is 38.2 Å². The molecular formula is C17H22N2O4. The van der Waals surface area contributed by atoms with Crippen molar-refractivity contribution < 1.29 is 19.1 Å². The third-order valence-electron chi connectivity index (χ3n) is 4.28. The van der Waals surface area contributed by atoms with E-state index in [1.807, 2.05) is 6.07 Å². The molecule has 124 valence electrons. The molecule has 0 radical (unpaired) electrons. The fraction of sp³-hybridized carbons (Fsp3) is 0.529. The zero-order valence-corrected chi connectivity index (χ0v) is 13.3. The predicted octanol–water partition coefficient (Wildman–Crippen LogP) is 2.33. The summed E-state index contributed by atoms with van der Waals surface area (Å²) in [5.74, 6) is 0.565. The third-order valence-corrected chi connectivity index (χ3v) is 4.28. The van der Waals surface area contributed by atoms with Crippen molar-refractivity contribution in [1.29, 1.82) is 0 Å². The van der Waals surface area contributed by atoms with Crippen molar-refractivity contribution in [2.24, 2.45) is 0 Å². The summed E-state index contributed by atoms with van der Waals surface area (Å²) in [4.78, 5) is 25.8. The fourth-order valence-corrected chi connectivity index (χ4v) is 3.05.